The molecule has 2 heterocycles. The third-order valence-corrected chi connectivity index (χ3v) is 5.86. The monoisotopic (exact) mass is 419 g/mol. The van der Waals surface area contributed by atoms with E-state index in [4.69, 9.17) is 9.47 Å². The lowest BCUT2D eigenvalue weighted by Crippen LogP contribution is -2.22. The fraction of sp³-hybridized carbons (Fsp3) is 0.333. The number of methoxy groups -OCH3 is 1. The molecule has 2 aromatic heterocycles. The summed E-state index contributed by atoms with van der Waals surface area (Å²) < 4.78 is 12.9. The number of nitrogens with one attached hydrogen (secondary N) is 1. The van der Waals surface area contributed by atoms with Crippen LogP contribution in [0.4, 0.5) is 5.13 Å². The molecule has 3 rings (SSSR count). The zero-order valence-electron chi connectivity index (χ0n) is 16.0. The first-order valence-electron chi connectivity index (χ1n) is 8.51. The second-order valence-corrected chi connectivity index (χ2v) is 8.11. The Labute approximate surface area is 171 Å². The molecular formula is C18H21N5O3S2. The number of benzene rings is 1. The minimum absolute atomic E-state index is 0.130. The van der Waals surface area contributed by atoms with Crippen molar-refractivity contribution in [2.24, 2.45) is 7.05 Å². The van der Waals surface area contributed by atoms with E-state index in [2.05, 4.69) is 20.5 Å². The topological polar surface area (TPSA) is 91.2 Å². The third-order valence-electron chi connectivity index (χ3n) is 3.85. The van der Waals surface area contributed by atoms with Crippen molar-refractivity contribution in [3.63, 3.8) is 0 Å². The highest BCUT2D eigenvalue weighted by Crippen LogP contribution is 2.27. The smallest absolute Gasteiger partial charge is 0.239 e. The Bertz CT molecular complexity index is 956. The molecule has 0 aliphatic rings. The van der Waals surface area contributed by atoms with Gasteiger partial charge < -0.3 is 19.4 Å². The Hall–Kier alpha value is -2.59. The van der Waals surface area contributed by atoms with Gasteiger partial charge in [0.05, 0.1) is 18.1 Å². The van der Waals surface area contributed by atoms with Crippen LogP contribution in [0.15, 0.2) is 34.8 Å². The van der Waals surface area contributed by atoms with Gasteiger partial charge in [0, 0.05) is 12.4 Å². The van der Waals surface area contributed by atoms with Gasteiger partial charge in [0.1, 0.15) is 6.61 Å². The summed E-state index contributed by atoms with van der Waals surface area (Å²) in [4.78, 5) is 16.6. The van der Waals surface area contributed by atoms with Gasteiger partial charge in [0.25, 0.3) is 0 Å². The lowest BCUT2D eigenvalue weighted by atomic mass is 10.3. The summed E-state index contributed by atoms with van der Waals surface area (Å²) in [6.45, 7) is 3.95. The maximum absolute atomic E-state index is 12.4. The Kier molecular flexibility index (Phi) is 6.53. The van der Waals surface area contributed by atoms with Crippen molar-refractivity contribution in [3.05, 3.63) is 41.2 Å². The Morgan fingerprint density at radius 1 is 1.32 bits per heavy atom. The van der Waals surface area contributed by atoms with Gasteiger partial charge in [0.15, 0.2) is 27.6 Å². The molecule has 0 spiro atoms. The van der Waals surface area contributed by atoms with Crippen LogP contribution in [0.3, 0.4) is 0 Å². The average Bonchev–Trinajstić information content (AvgIpc) is 3.25. The minimum Gasteiger partial charge on any atom is -0.493 e. The number of para-hydroxylation sites is 2. The number of thioether (sulfide) groups is 1. The van der Waals surface area contributed by atoms with E-state index in [9.17, 15) is 4.79 Å². The van der Waals surface area contributed by atoms with Gasteiger partial charge in [-0.1, -0.05) is 23.9 Å². The summed E-state index contributed by atoms with van der Waals surface area (Å²) >= 11 is 2.73. The number of aromatic nitrogens is 4. The van der Waals surface area contributed by atoms with Crippen molar-refractivity contribution in [1.29, 1.82) is 0 Å². The van der Waals surface area contributed by atoms with E-state index < -0.39 is 0 Å². The molecule has 1 N–H and O–H groups in total. The second-order valence-electron chi connectivity index (χ2n) is 5.94. The van der Waals surface area contributed by atoms with Crippen LogP contribution in [0.2, 0.25) is 0 Å². The van der Waals surface area contributed by atoms with Crippen LogP contribution < -0.4 is 14.8 Å². The maximum atomic E-state index is 12.4. The first-order chi connectivity index (χ1) is 13.5. The molecule has 0 aliphatic carbocycles. The Balaban J connectivity index is 1.60. The van der Waals surface area contributed by atoms with Gasteiger partial charge in [-0.25, -0.2) is 4.98 Å². The quantitative estimate of drug-likeness (QED) is 0.560. The van der Waals surface area contributed by atoms with E-state index in [1.807, 2.05) is 55.1 Å². The normalized spacial score (nSPS) is 11.9. The molecule has 0 fully saturated rings. The van der Waals surface area contributed by atoms with Crippen molar-refractivity contribution >= 4 is 34.1 Å². The summed E-state index contributed by atoms with van der Waals surface area (Å²) in [6, 6.07) is 7.41. The lowest BCUT2D eigenvalue weighted by molar-refractivity contribution is -0.115. The summed E-state index contributed by atoms with van der Waals surface area (Å²) in [6.07, 6.45) is 0. The summed E-state index contributed by atoms with van der Waals surface area (Å²) in [5.74, 6) is 1.81. The van der Waals surface area contributed by atoms with Gasteiger partial charge >= 0.3 is 0 Å². The standard InChI is InChI=1S/C18H21N5O3S2/c1-11-10-27-17(19-11)20-16(24)12(2)28-18-22-21-15(23(18)3)9-26-14-8-6-5-7-13(14)25-4/h5-8,10,12H,9H2,1-4H3,(H,19,20,24)/t12-/m0/s1. The number of carbonyl (C=O) groups is 1. The van der Waals surface area contributed by atoms with Crippen LogP contribution in [0.1, 0.15) is 18.4 Å². The van der Waals surface area contributed by atoms with E-state index in [-0.39, 0.29) is 17.8 Å². The van der Waals surface area contributed by atoms with Gasteiger partial charge in [-0.15, -0.1) is 21.5 Å². The molecular weight excluding hydrogens is 398 g/mol. The van der Waals surface area contributed by atoms with Crippen LogP contribution in [0, 0.1) is 6.92 Å². The van der Waals surface area contributed by atoms with Crippen LogP contribution in [-0.2, 0) is 18.4 Å². The highest BCUT2D eigenvalue weighted by Gasteiger charge is 2.20. The van der Waals surface area contributed by atoms with Crippen LogP contribution in [0.25, 0.3) is 0 Å². The predicted molar refractivity (Wildman–Crippen MR) is 109 cm³/mol. The molecule has 1 aromatic carbocycles. The van der Waals surface area contributed by atoms with Crippen LogP contribution in [-0.4, -0.2) is 38.0 Å². The zero-order chi connectivity index (χ0) is 20.1. The fourth-order valence-electron chi connectivity index (χ4n) is 2.28. The molecule has 10 heteroatoms. The first kappa shape index (κ1) is 20.2. The Morgan fingerprint density at radius 2 is 2.07 bits per heavy atom. The number of aryl methyl sites for hydroxylation is 1. The Morgan fingerprint density at radius 3 is 2.75 bits per heavy atom. The molecule has 0 radical (unpaired) electrons. The van der Waals surface area contributed by atoms with Crippen molar-refractivity contribution in [1.82, 2.24) is 19.7 Å². The molecule has 3 aromatic rings. The number of nitrogens with zero attached hydrogens (tertiary/aromatic N) is 4. The number of anilines is 1. The number of thiazole rings is 1. The summed E-state index contributed by atoms with van der Waals surface area (Å²) in [5.41, 5.74) is 0.883. The number of hydrogen-bond acceptors (Lipinski definition) is 8. The molecule has 1 amide bonds. The molecule has 28 heavy (non-hydrogen) atoms. The number of rotatable bonds is 8. The molecule has 0 saturated heterocycles. The molecule has 1 atom stereocenters. The molecule has 0 aliphatic heterocycles. The van der Waals surface area contributed by atoms with E-state index >= 15 is 0 Å². The zero-order valence-corrected chi connectivity index (χ0v) is 17.6. The number of hydrogen-bond donors (Lipinski definition) is 1. The summed E-state index contributed by atoms with van der Waals surface area (Å²) in [5, 5.41) is 13.9. The minimum atomic E-state index is -0.352. The maximum Gasteiger partial charge on any atom is 0.239 e. The van der Waals surface area contributed by atoms with Crippen molar-refractivity contribution in [2.75, 3.05) is 12.4 Å². The van der Waals surface area contributed by atoms with E-state index in [0.717, 1.165) is 5.69 Å². The lowest BCUT2D eigenvalue weighted by Gasteiger charge is -2.11. The first-order valence-corrected chi connectivity index (χ1v) is 10.3. The second kappa shape index (κ2) is 9.07. The van der Waals surface area contributed by atoms with E-state index in [1.165, 1.54) is 23.1 Å². The molecule has 148 valence electrons. The summed E-state index contributed by atoms with van der Waals surface area (Å²) in [7, 11) is 3.44. The number of ether oxygens (including phenoxy) is 2. The average molecular weight is 420 g/mol. The fourth-order valence-corrected chi connectivity index (χ4v) is 3.81. The SMILES string of the molecule is COc1ccccc1OCc1nnc(S[C@@H](C)C(=O)Nc2nc(C)cs2)n1C. The van der Waals surface area contributed by atoms with Crippen LogP contribution >= 0.6 is 23.1 Å². The molecule has 8 nitrogen and oxygen atoms in total. The van der Waals surface area contributed by atoms with E-state index in [1.54, 1.807) is 7.11 Å². The van der Waals surface area contributed by atoms with Gasteiger partial charge in [-0.05, 0) is 26.0 Å². The molecule has 0 bridgehead atoms. The number of carbonyl (C=O) groups excluding carboxylic acids is 1. The largest absolute Gasteiger partial charge is 0.493 e. The number of amides is 1. The van der Waals surface area contributed by atoms with Gasteiger partial charge in [-0.3, -0.25) is 4.79 Å². The predicted octanol–water partition coefficient (Wildman–Crippen LogP) is 3.29. The highest BCUT2D eigenvalue weighted by molar-refractivity contribution is 8.00. The van der Waals surface area contributed by atoms with Crippen molar-refractivity contribution < 1.29 is 14.3 Å². The highest BCUT2D eigenvalue weighted by atomic mass is 32.2. The molecule has 0 unspecified atom stereocenters. The van der Waals surface area contributed by atoms with E-state index in [0.29, 0.717) is 27.6 Å². The van der Waals surface area contributed by atoms with Crippen LogP contribution in [0.5, 0.6) is 11.5 Å². The van der Waals surface area contributed by atoms with Gasteiger partial charge in [-0.2, -0.15) is 0 Å². The molecule has 0 saturated carbocycles. The third kappa shape index (κ3) is 4.82. The van der Waals surface area contributed by atoms with Crippen molar-refractivity contribution in [3.8, 4) is 11.5 Å². The van der Waals surface area contributed by atoms with Crippen molar-refractivity contribution in [2.45, 2.75) is 30.9 Å². The van der Waals surface area contributed by atoms with Gasteiger partial charge in [0.2, 0.25) is 5.91 Å².